The molecule has 0 amide bonds. The van der Waals surface area contributed by atoms with E-state index in [9.17, 15) is 4.79 Å². The van der Waals surface area contributed by atoms with Gasteiger partial charge in [-0.2, -0.15) is 0 Å². The molecule has 0 bridgehead atoms. The van der Waals surface area contributed by atoms with E-state index in [2.05, 4.69) is 4.74 Å². The summed E-state index contributed by atoms with van der Waals surface area (Å²) in [6.45, 7) is 7.49. The summed E-state index contributed by atoms with van der Waals surface area (Å²) in [4.78, 5) is 11.0. The van der Waals surface area contributed by atoms with Crippen molar-refractivity contribution >= 4 is 18.4 Å². The summed E-state index contributed by atoms with van der Waals surface area (Å²) in [5, 5.41) is 0. The Hall–Kier alpha value is -0.320. The Balaban J connectivity index is 0. The van der Waals surface area contributed by atoms with Crippen LogP contribution in [0.1, 0.15) is 27.7 Å². The van der Waals surface area contributed by atoms with Crippen LogP contribution in [0.5, 0.6) is 0 Å². The SMILES string of the molecule is COC(=O)[C@H](N)C(C)OC(C)(C)C.Cl. The van der Waals surface area contributed by atoms with Crippen molar-refractivity contribution in [2.24, 2.45) is 5.73 Å². The molecule has 1 unspecified atom stereocenters. The van der Waals surface area contributed by atoms with Gasteiger partial charge in [-0.1, -0.05) is 0 Å². The quantitative estimate of drug-likeness (QED) is 0.731. The number of methoxy groups -OCH3 is 1. The van der Waals surface area contributed by atoms with E-state index < -0.39 is 12.0 Å². The van der Waals surface area contributed by atoms with Gasteiger partial charge < -0.3 is 15.2 Å². The smallest absolute Gasteiger partial charge is 0.325 e. The third-order valence-corrected chi connectivity index (χ3v) is 1.52. The number of rotatable bonds is 3. The molecule has 0 aromatic carbocycles. The van der Waals surface area contributed by atoms with Gasteiger partial charge in [0.25, 0.3) is 0 Å². The number of hydrogen-bond donors (Lipinski definition) is 1. The molecule has 14 heavy (non-hydrogen) atoms. The second-order valence-corrected chi connectivity index (χ2v) is 3.98. The Morgan fingerprint density at radius 2 is 1.79 bits per heavy atom. The normalized spacial score (nSPS) is 15.3. The van der Waals surface area contributed by atoms with E-state index in [0.717, 1.165) is 0 Å². The second-order valence-electron chi connectivity index (χ2n) is 3.98. The second kappa shape index (κ2) is 6.22. The molecule has 0 heterocycles. The molecule has 5 heteroatoms. The number of hydrogen-bond acceptors (Lipinski definition) is 4. The molecule has 0 fully saturated rings. The van der Waals surface area contributed by atoms with Crippen LogP contribution in [0.4, 0.5) is 0 Å². The molecular formula is C9H20ClNO3. The summed E-state index contributed by atoms with van der Waals surface area (Å²) in [6.07, 6.45) is -0.340. The largest absolute Gasteiger partial charge is 0.468 e. The van der Waals surface area contributed by atoms with Gasteiger partial charge in [0.15, 0.2) is 0 Å². The number of esters is 1. The van der Waals surface area contributed by atoms with Crippen LogP contribution < -0.4 is 5.73 Å². The Labute approximate surface area is 91.5 Å². The first-order chi connectivity index (χ1) is 5.78. The van der Waals surface area contributed by atoms with Gasteiger partial charge in [-0.25, -0.2) is 0 Å². The zero-order valence-electron chi connectivity index (χ0n) is 9.37. The van der Waals surface area contributed by atoms with Crippen LogP contribution in [0.25, 0.3) is 0 Å². The minimum atomic E-state index is -0.718. The topological polar surface area (TPSA) is 61.5 Å². The number of carbonyl (C=O) groups excluding carboxylic acids is 1. The van der Waals surface area contributed by atoms with E-state index in [-0.39, 0.29) is 24.1 Å². The fourth-order valence-electron chi connectivity index (χ4n) is 0.959. The minimum absolute atomic E-state index is 0. The van der Waals surface area contributed by atoms with E-state index in [4.69, 9.17) is 10.5 Å². The average molecular weight is 226 g/mol. The van der Waals surface area contributed by atoms with Crippen molar-refractivity contribution in [2.45, 2.75) is 45.4 Å². The Kier molecular flexibility index (Phi) is 7.16. The molecule has 2 atom stereocenters. The standard InChI is InChI=1S/C9H19NO3.ClH/c1-6(13-9(2,3)4)7(10)8(11)12-5;/h6-7H,10H2,1-5H3;1H/t6?,7-;/m1./s1. The van der Waals surface area contributed by atoms with Crippen LogP contribution in [-0.4, -0.2) is 30.8 Å². The fraction of sp³-hybridized carbons (Fsp3) is 0.889. The van der Waals surface area contributed by atoms with Gasteiger partial charge in [-0.05, 0) is 27.7 Å². The number of halogens is 1. The van der Waals surface area contributed by atoms with E-state index in [0.29, 0.717) is 0 Å². The highest BCUT2D eigenvalue weighted by molar-refractivity contribution is 5.85. The van der Waals surface area contributed by atoms with Crippen LogP contribution >= 0.6 is 12.4 Å². The van der Waals surface area contributed by atoms with E-state index in [1.54, 1.807) is 6.92 Å². The summed E-state index contributed by atoms with van der Waals surface area (Å²) >= 11 is 0. The van der Waals surface area contributed by atoms with Crippen molar-refractivity contribution in [1.29, 1.82) is 0 Å². The molecule has 0 rings (SSSR count). The molecule has 0 radical (unpaired) electrons. The first-order valence-corrected chi connectivity index (χ1v) is 4.29. The lowest BCUT2D eigenvalue weighted by Crippen LogP contribution is -2.45. The highest BCUT2D eigenvalue weighted by atomic mass is 35.5. The maximum Gasteiger partial charge on any atom is 0.325 e. The van der Waals surface area contributed by atoms with E-state index in [1.165, 1.54) is 7.11 Å². The van der Waals surface area contributed by atoms with Gasteiger partial charge in [-0.3, -0.25) is 4.79 Å². The van der Waals surface area contributed by atoms with Crippen molar-refractivity contribution in [3.8, 4) is 0 Å². The van der Waals surface area contributed by atoms with Gasteiger partial charge in [0.2, 0.25) is 0 Å². The molecule has 0 aliphatic rings. The third-order valence-electron chi connectivity index (χ3n) is 1.52. The molecule has 0 aromatic rings. The van der Waals surface area contributed by atoms with Crippen molar-refractivity contribution in [2.75, 3.05) is 7.11 Å². The van der Waals surface area contributed by atoms with Crippen LogP contribution in [0.2, 0.25) is 0 Å². The molecule has 0 spiro atoms. The highest BCUT2D eigenvalue weighted by Gasteiger charge is 2.26. The fourth-order valence-corrected chi connectivity index (χ4v) is 0.959. The predicted molar refractivity (Wildman–Crippen MR) is 57.5 cm³/mol. The van der Waals surface area contributed by atoms with E-state index in [1.807, 2.05) is 20.8 Å². The molecule has 0 saturated carbocycles. The maximum absolute atomic E-state index is 11.0. The number of ether oxygens (including phenoxy) is 2. The zero-order valence-corrected chi connectivity index (χ0v) is 10.2. The summed E-state index contributed by atoms with van der Waals surface area (Å²) in [6, 6.07) is -0.718. The summed E-state index contributed by atoms with van der Waals surface area (Å²) in [5.74, 6) is -0.447. The van der Waals surface area contributed by atoms with Gasteiger partial charge in [-0.15, -0.1) is 12.4 Å². The van der Waals surface area contributed by atoms with Gasteiger partial charge in [0, 0.05) is 0 Å². The Bertz CT molecular complexity index is 179. The van der Waals surface area contributed by atoms with Gasteiger partial charge >= 0.3 is 5.97 Å². The maximum atomic E-state index is 11.0. The zero-order chi connectivity index (χ0) is 10.6. The van der Waals surface area contributed by atoms with Crippen molar-refractivity contribution in [3.05, 3.63) is 0 Å². The lowest BCUT2D eigenvalue weighted by Gasteiger charge is -2.27. The monoisotopic (exact) mass is 225 g/mol. The van der Waals surface area contributed by atoms with Crippen molar-refractivity contribution < 1.29 is 14.3 Å². The number of nitrogens with two attached hydrogens (primary N) is 1. The molecule has 0 aromatic heterocycles. The Morgan fingerprint density at radius 1 is 1.36 bits per heavy atom. The molecule has 86 valence electrons. The van der Waals surface area contributed by atoms with Crippen LogP contribution in [-0.2, 0) is 14.3 Å². The van der Waals surface area contributed by atoms with Crippen molar-refractivity contribution in [1.82, 2.24) is 0 Å². The molecule has 0 aliphatic heterocycles. The lowest BCUT2D eigenvalue weighted by atomic mass is 10.1. The molecule has 0 aliphatic carbocycles. The van der Waals surface area contributed by atoms with E-state index >= 15 is 0 Å². The molecule has 4 nitrogen and oxygen atoms in total. The van der Waals surface area contributed by atoms with Crippen molar-refractivity contribution in [3.63, 3.8) is 0 Å². The van der Waals surface area contributed by atoms with Gasteiger partial charge in [0.1, 0.15) is 6.04 Å². The summed E-state index contributed by atoms with van der Waals surface area (Å²) in [5.41, 5.74) is 5.28. The molecular weight excluding hydrogens is 206 g/mol. The van der Waals surface area contributed by atoms with Crippen LogP contribution in [0.15, 0.2) is 0 Å². The minimum Gasteiger partial charge on any atom is -0.468 e. The van der Waals surface area contributed by atoms with Crippen LogP contribution in [0, 0.1) is 0 Å². The average Bonchev–Trinajstić information content (AvgIpc) is 1.98. The third kappa shape index (κ3) is 6.18. The first-order valence-electron chi connectivity index (χ1n) is 4.29. The van der Waals surface area contributed by atoms with Gasteiger partial charge in [0.05, 0.1) is 18.8 Å². The highest BCUT2D eigenvalue weighted by Crippen LogP contribution is 2.12. The first kappa shape index (κ1) is 16.1. The number of carbonyl (C=O) groups is 1. The Morgan fingerprint density at radius 3 is 2.07 bits per heavy atom. The van der Waals surface area contributed by atoms with Crippen LogP contribution in [0.3, 0.4) is 0 Å². The summed E-state index contributed by atoms with van der Waals surface area (Å²) < 4.78 is 10.0. The lowest BCUT2D eigenvalue weighted by molar-refractivity contribution is -0.149. The molecule has 2 N–H and O–H groups in total. The predicted octanol–water partition coefficient (Wildman–Crippen LogP) is 1.11. The molecule has 0 saturated heterocycles. The summed E-state index contributed by atoms with van der Waals surface area (Å²) in [7, 11) is 1.31.